The zero-order valence-electron chi connectivity index (χ0n) is 15.3. The van der Waals surface area contributed by atoms with E-state index < -0.39 is 0 Å². The number of hydrogen-bond acceptors (Lipinski definition) is 5. The SMILES string of the molecule is CCOc1cc(N)c(Cl)cc1C(=O)NC1CCN(CC2CCCO2)CC1. The molecule has 2 aliphatic heterocycles. The van der Waals surface area contributed by atoms with Gasteiger partial charge in [0.2, 0.25) is 0 Å². The average molecular weight is 382 g/mol. The first-order valence-electron chi connectivity index (χ1n) is 9.43. The van der Waals surface area contributed by atoms with Crippen LogP contribution in [0.4, 0.5) is 5.69 Å². The molecule has 2 heterocycles. The Kier molecular flexibility index (Phi) is 6.62. The van der Waals surface area contributed by atoms with Crippen LogP contribution in [0.2, 0.25) is 5.02 Å². The third-order valence-corrected chi connectivity index (χ3v) is 5.38. The zero-order valence-corrected chi connectivity index (χ0v) is 16.1. The average Bonchev–Trinajstić information content (AvgIpc) is 3.13. The summed E-state index contributed by atoms with van der Waals surface area (Å²) < 4.78 is 11.3. The molecule has 1 atom stereocenters. The summed E-state index contributed by atoms with van der Waals surface area (Å²) in [4.78, 5) is 15.1. The Morgan fingerprint density at radius 2 is 2.15 bits per heavy atom. The fraction of sp³-hybridized carbons (Fsp3) is 0.632. The molecule has 26 heavy (non-hydrogen) atoms. The minimum atomic E-state index is -0.159. The number of nitrogens with one attached hydrogen (secondary N) is 1. The van der Waals surface area contributed by atoms with Gasteiger partial charge >= 0.3 is 0 Å². The van der Waals surface area contributed by atoms with Crippen molar-refractivity contribution in [3.05, 3.63) is 22.7 Å². The molecule has 3 N–H and O–H groups in total. The Morgan fingerprint density at radius 3 is 2.81 bits per heavy atom. The number of amides is 1. The van der Waals surface area contributed by atoms with Crippen LogP contribution in [0, 0.1) is 0 Å². The number of nitrogens with zero attached hydrogens (tertiary/aromatic N) is 1. The van der Waals surface area contributed by atoms with Gasteiger partial charge in [-0.3, -0.25) is 4.79 Å². The Labute approximate surface area is 160 Å². The fourth-order valence-electron chi connectivity index (χ4n) is 3.62. The van der Waals surface area contributed by atoms with Gasteiger partial charge in [-0.15, -0.1) is 0 Å². The number of rotatable bonds is 6. The van der Waals surface area contributed by atoms with Gasteiger partial charge in [-0.25, -0.2) is 0 Å². The van der Waals surface area contributed by atoms with E-state index in [0.717, 1.165) is 45.5 Å². The van der Waals surface area contributed by atoms with Crippen molar-refractivity contribution in [2.75, 3.05) is 38.6 Å². The number of likely N-dealkylation sites (tertiary alicyclic amines) is 1. The molecule has 7 heteroatoms. The first kappa shape index (κ1) is 19.3. The largest absolute Gasteiger partial charge is 0.493 e. The third kappa shape index (κ3) is 4.81. The van der Waals surface area contributed by atoms with Crippen LogP contribution in [0.3, 0.4) is 0 Å². The number of anilines is 1. The molecule has 0 aliphatic carbocycles. The van der Waals surface area contributed by atoms with Gasteiger partial charge in [0.15, 0.2) is 0 Å². The minimum absolute atomic E-state index is 0.159. The highest BCUT2D eigenvalue weighted by Crippen LogP contribution is 2.29. The molecule has 3 rings (SSSR count). The highest BCUT2D eigenvalue weighted by atomic mass is 35.5. The fourth-order valence-corrected chi connectivity index (χ4v) is 3.78. The van der Waals surface area contributed by atoms with E-state index in [0.29, 0.717) is 34.7 Å². The van der Waals surface area contributed by atoms with Crippen molar-refractivity contribution in [2.24, 2.45) is 0 Å². The molecule has 0 aromatic heterocycles. The molecule has 144 valence electrons. The summed E-state index contributed by atoms with van der Waals surface area (Å²) in [5, 5.41) is 3.48. The zero-order chi connectivity index (χ0) is 18.5. The topological polar surface area (TPSA) is 76.8 Å². The quantitative estimate of drug-likeness (QED) is 0.741. The van der Waals surface area contributed by atoms with Gasteiger partial charge in [-0.05, 0) is 38.7 Å². The van der Waals surface area contributed by atoms with Gasteiger partial charge in [0.1, 0.15) is 5.75 Å². The van der Waals surface area contributed by atoms with Gasteiger partial charge in [0.25, 0.3) is 5.91 Å². The predicted molar refractivity (Wildman–Crippen MR) is 103 cm³/mol. The maximum atomic E-state index is 12.7. The van der Waals surface area contributed by atoms with Crippen molar-refractivity contribution in [1.82, 2.24) is 10.2 Å². The molecule has 0 radical (unpaired) electrons. The molecule has 1 amide bonds. The van der Waals surface area contributed by atoms with Gasteiger partial charge < -0.3 is 25.4 Å². The normalized spacial score (nSPS) is 21.7. The number of carbonyl (C=O) groups excluding carboxylic acids is 1. The Balaban J connectivity index is 1.54. The van der Waals surface area contributed by atoms with Crippen molar-refractivity contribution < 1.29 is 14.3 Å². The Bertz CT molecular complexity index is 627. The summed E-state index contributed by atoms with van der Waals surface area (Å²) in [6.45, 7) is 6.18. The van der Waals surface area contributed by atoms with E-state index >= 15 is 0 Å². The lowest BCUT2D eigenvalue weighted by molar-refractivity contribution is 0.0612. The van der Waals surface area contributed by atoms with E-state index in [1.807, 2.05) is 6.92 Å². The molecule has 0 spiro atoms. The second-order valence-electron chi connectivity index (χ2n) is 6.99. The molecule has 1 aromatic carbocycles. The van der Waals surface area contributed by atoms with Crippen LogP contribution in [0.25, 0.3) is 0 Å². The van der Waals surface area contributed by atoms with E-state index in [9.17, 15) is 4.79 Å². The van der Waals surface area contributed by atoms with Crippen LogP contribution >= 0.6 is 11.6 Å². The molecule has 2 aliphatic rings. The molecular formula is C19H28ClN3O3. The molecule has 2 saturated heterocycles. The number of ether oxygens (including phenoxy) is 2. The van der Waals surface area contributed by atoms with Gasteiger partial charge in [0.05, 0.1) is 29.0 Å². The maximum Gasteiger partial charge on any atom is 0.255 e. The number of nitrogens with two attached hydrogens (primary N) is 1. The number of halogens is 1. The minimum Gasteiger partial charge on any atom is -0.493 e. The van der Waals surface area contributed by atoms with Gasteiger partial charge in [0, 0.05) is 38.3 Å². The van der Waals surface area contributed by atoms with E-state index in [-0.39, 0.29) is 11.9 Å². The smallest absolute Gasteiger partial charge is 0.255 e. The number of hydrogen-bond donors (Lipinski definition) is 2. The third-order valence-electron chi connectivity index (χ3n) is 5.05. The molecule has 0 bridgehead atoms. The van der Waals surface area contributed by atoms with Crippen LogP contribution in [0.1, 0.15) is 43.0 Å². The van der Waals surface area contributed by atoms with E-state index in [1.165, 1.54) is 6.42 Å². The van der Waals surface area contributed by atoms with Crippen LogP contribution in [0.15, 0.2) is 12.1 Å². The highest BCUT2D eigenvalue weighted by molar-refractivity contribution is 6.33. The van der Waals surface area contributed by atoms with Crippen LogP contribution in [0.5, 0.6) is 5.75 Å². The van der Waals surface area contributed by atoms with Crippen LogP contribution < -0.4 is 15.8 Å². The van der Waals surface area contributed by atoms with Gasteiger partial charge in [-0.1, -0.05) is 11.6 Å². The standard InChI is InChI=1S/C19H28ClN3O3/c1-2-25-18-11-17(21)16(20)10-15(18)19(24)22-13-5-7-23(8-6-13)12-14-4-3-9-26-14/h10-11,13-14H,2-9,12,21H2,1H3,(H,22,24). The lowest BCUT2D eigenvalue weighted by Crippen LogP contribution is -2.46. The van der Waals surface area contributed by atoms with Crippen molar-refractivity contribution in [3.63, 3.8) is 0 Å². The second kappa shape index (κ2) is 8.93. The molecule has 0 saturated carbocycles. The van der Waals surface area contributed by atoms with Crippen molar-refractivity contribution in [3.8, 4) is 5.75 Å². The van der Waals surface area contributed by atoms with E-state index in [1.54, 1.807) is 12.1 Å². The summed E-state index contributed by atoms with van der Waals surface area (Å²) in [6, 6.07) is 3.36. The number of carbonyl (C=O) groups is 1. The monoisotopic (exact) mass is 381 g/mol. The second-order valence-corrected chi connectivity index (χ2v) is 7.39. The molecule has 2 fully saturated rings. The van der Waals surface area contributed by atoms with Crippen LogP contribution in [-0.4, -0.2) is 55.8 Å². The Hall–Kier alpha value is -1.50. The van der Waals surface area contributed by atoms with Crippen molar-refractivity contribution >= 4 is 23.2 Å². The predicted octanol–water partition coefficient (Wildman–Crippen LogP) is 2.69. The van der Waals surface area contributed by atoms with Crippen molar-refractivity contribution in [2.45, 2.75) is 44.8 Å². The lowest BCUT2D eigenvalue weighted by Gasteiger charge is -2.33. The van der Waals surface area contributed by atoms with Crippen molar-refractivity contribution in [1.29, 1.82) is 0 Å². The number of nitrogen functional groups attached to an aromatic ring is 1. The summed E-state index contributed by atoms with van der Waals surface area (Å²) in [7, 11) is 0. The van der Waals surface area contributed by atoms with E-state index in [2.05, 4.69) is 10.2 Å². The first-order chi connectivity index (χ1) is 12.6. The van der Waals surface area contributed by atoms with Gasteiger partial charge in [-0.2, -0.15) is 0 Å². The summed E-state index contributed by atoms with van der Waals surface area (Å²) in [5.41, 5.74) is 6.68. The molecule has 1 unspecified atom stereocenters. The maximum absolute atomic E-state index is 12.7. The van der Waals surface area contributed by atoms with Crippen LogP contribution in [-0.2, 0) is 4.74 Å². The highest BCUT2D eigenvalue weighted by Gasteiger charge is 2.26. The molecule has 6 nitrogen and oxygen atoms in total. The number of benzene rings is 1. The molecule has 1 aromatic rings. The summed E-state index contributed by atoms with van der Waals surface area (Å²) >= 11 is 6.09. The summed E-state index contributed by atoms with van der Waals surface area (Å²) in [5.74, 6) is 0.315. The summed E-state index contributed by atoms with van der Waals surface area (Å²) in [6.07, 6.45) is 4.58. The first-order valence-corrected chi connectivity index (χ1v) is 9.81. The van der Waals surface area contributed by atoms with E-state index in [4.69, 9.17) is 26.8 Å². The number of piperidine rings is 1. The lowest BCUT2D eigenvalue weighted by atomic mass is 10.0. The Morgan fingerprint density at radius 1 is 1.38 bits per heavy atom. The molecular weight excluding hydrogens is 354 g/mol.